The molecule has 1 fully saturated rings. The largest absolute Gasteiger partial charge is 0.433 e. The number of nitrogens with zero attached hydrogens (tertiary/aromatic N) is 3. The van der Waals surface area contributed by atoms with Crippen LogP contribution in [0.15, 0.2) is 30.3 Å². The van der Waals surface area contributed by atoms with E-state index in [1.165, 1.54) is 0 Å². The first-order chi connectivity index (χ1) is 9.55. The zero-order valence-electron chi connectivity index (χ0n) is 10.7. The highest BCUT2D eigenvalue weighted by Gasteiger charge is 2.34. The molecule has 3 rings (SSSR count). The van der Waals surface area contributed by atoms with Gasteiger partial charge in [-0.2, -0.15) is 13.2 Å². The summed E-state index contributed by atoms with van der Waals surface area (Å²) in [5, 5.41) is 4.98. The number of piperazine rings is 1. The third-order valence-electron chi connectivity index (χ3n) is 3.38. The molecule has 1 aromatic carbocycles. The smallest absolute Gasteiger partial charge is 0.368 e. The minimum absolute atomic E-state index is 0.375. The van der Waals surface area contributed by atoms with Gasteiger partial charge in [0.25, 0.3) is 0 Å². The number of hydrogen-bond acceptors (Lipinski definition) is 2. The number of aromatic nitrogens is 1. The lowest BCUT2D eigenvalue weighted by Crippen LogP contribution is -2.40. The molecule has 1 aliphatic rings. The van der Waals surface area contributed by atoms with Gasteiger partial charge in [0.15, 0.2) is 0 Å². The Bertz CT molecular complexity index is 619. The van der Waals surface area contributed by atoms with Crippen molar-refractivity contribution in [3.8, 4) is 0 Å². The number of benzene rings is 1. The Balaban J connectivity index is 2.16. The summed E-state index contributed by atoms with van der Waals surface area (Å²) >= 11 is 0. The standard InChI is InChI=1S/C14H13F3N3/c15-14(16,17)13-9-12(20-7-5-18-6-8-20)10-3-1-2-4-11(10)19-13/h1-4,9H,5-8H2. The molecule has 105 valence electrons. The number of pyridine rings is 1. The number of anilines is 1. The normalized spacial score (nSPS) is 16.6. The van der Waals surface area contributed by atoms with Crippen molar-refractivity contribution in [2.45, 2.75) is 6.18 Å². The fourth-order valence-electron chi connectivity index (χ4n) is 2.41. The predicted octanol–water partition coefficient (Wildman–Crippen LogP) is 2.68. The topological polar surface area (TPSA) is 30.2 Å². The minimum atomic E-state index is -4.43. The van der Waals surface area contributed by atoms with Crippen molar-refractivity contribution in [2.75, 3.05) is 31.1 Å². The van der Waals surface area contributed by atoms with E-state index in [-0.39, 0.29) is 0 Å². The highest BCUT2D eigenvalue weighted by atomic mass is 19.4. The van der Waals surface area contributed by atoms with E-state index in [0.29, 0.717) is 37.4 Å². The van der Waals surface area contributed by atoms with Crippen molar-refractivity contribution in [2.24, 2.45) is 0 Å². The summed E-state index contributed by atoms with van der Waals surface area (Å²) in [6.07, 6.45) is -4.43. The number of fused-ring (bicyclic) bond motifs is 1. The summed E-state index contributed by atoms with van der Waals surface area (Å²) < 4.78 is 38.9. The first-order valence-corrected chi connectivity index (χ1v) is 6.41. The fraction of sp³-hybridized carbons (Fsp3) is 0.357. The van der Waals surface area contributed by atoms with Crippen molar-refractivity contribution in [3.05, 3.63) is 36.0 Å². The second kappa shape index (κ2) is 4.94. The van der Waals surface area contributed by atoms with E-state index in [1.54, 1.807) is 12.1 Å². The average Bonchev–Trinajstić information content (AvgIpc) is 2.46. The second-order valence-electron chi connectivity index (χ2n) is 4.70. The van der Waals surface area contributed by atoms with Crippen LogP contribution in [0.5, 0.6) is 0 Å². The summed E-state index contributed by atoms with van der Waals surface area (Å²) in [5.74, 6) is 0. The molecule has 2 heterocycles. The van der Waals surface area contributed by atoms with Gasteiger partial charge in [-0.05, 0) is 12.1 Å². The molecule has 0 N–H and O–H groups in total. The predicted molar refractivity (Wildman–Crippen MR) is 70.8 cm³/mol. The number of hydrogen-bond donors (Lipinski definition) is 0. The molecule has 0 atom stereocenters. The maximum Gasteiger partial charge on any atom is 0.433 e. The number of rotatable bonds is 1. The second-order valence-corrected chi connectivity index (χ2v) is 4.70. The van der Waals surface area contributed by atoms with Gasteiger partial charge in [-0.3, -0.25) is 0 Å². The molecular weight excluding hydrogens is 267 g/mol. The lowest BCUT2D eigenvalue weighted by atomic mass is 10.1. The van der Waals surface area contributed by atoms with Gasteiger partial charge in [0.1, 0.15) is 5.69 Å². The number of halogens is 3. The van der Waals surface area contributed by atoms with Gasteiger partial charge < -0.3 is 4.90 Å². The Morgan fingerprint density at radius 2 is 1.75 bits per heavy atom. The Morgan fingerprint density at radius 1 is 1.05 bits per heavy atom. The molecule has 6 heteroatoms. The third kappa shape index (κ3) is 2.43. The van der Waals surface area contributed by atoms with Gasteiger partial charge in [0, 0.05) is 37.3 Å². The minimum Gasteiger partial charge on any atom is -0.368 e. The summed E-state index contributed by atoms with van der Waals surface area (Å²) in [5.41, 5.74) is 0.131. The molecule has 0 saturated carbocycles. The highest BCUT2D eigenvalue weighted by molar-refractivity contribution is 5.92. The van der Waals surface area contributed by atoms with E-state index >= 15 is 0 Å². The molecule has 0 bridgehead atoms. The maximum atomic E-state index is 13.0. The fourth-order valence-corrected chi connectivity index (χ4v) is 2.41. The van der Waals surface area contributed by atoms with Crippen LogP contribution in [0.4, 0.5) is 18.9 Å². The number of para-hydroxylation sites is 1. The quantitative estimate of drug-likeness (QED) is 0.804. The Morgan fingerprint density at radius 3 is 2.45 bits per heavy atom. The molecule has 3 nitrogen and oxygen atoms in total. The molecule has 2 aromatic rings. The van der Waals surface area contributed by atoms with Crippen LogP contribution in [0.3, 0.4) is 0 Å². The summed E-state index contributed by atoms with van der Waals surface area (Å²) in [6, 6.07) is 8.08. The van der Waals surface area contributed by atoms with Gasteiger partial charge in [-0.25, -0.2) is 10.3 Å². The zero-order valence-corrected chi connectivity index (χ0v) is 10.7. The van der Waals surface area contributed by atoms with Crippen LogP contribution in [-0.4, -0.2) is 31.2 Å². The van der Waals surface area contributed by atoms with E-state index in [1.807, 2.05) is 17.0 Å². The van der Waals surface area contributed by atoms with Crippen LogP contribution in [0.25, 0.3) is 10.9 Å². The van der Waals surface area contributed by atoms with Gasteiger partial charge in [-0.15, -0.1) is 0 Å². The summed E-state index contributed by atoms with van der Waals surface area (Å²) in [6.45, 7) is 2.59. The summed E-state index contributed by atoms with van der Waals surface area (Å²) in [4.78, 5) is 5.68. The van der Waals surface area contributed by atoms with Crippen molar-refractivity contribution < 1.29 is 13.2 Å². The molecule has 1 aromatic heterocycles. The van der Waals surface area contributed by atoms with E-state index in [4.69, 9.17) is 0 Å². The highest BCUT2D eigenvalue weighted by Crippen LogP contribution is 2.34. The first kappa shape index (κ1) is 13.2. The van der Waals surface area contributed by atoms with Crippen LogP contribution in [0.1, 0.15) is 5.69 Å². The molecule has 20 heavy (non-hydrogen) atoms. The molecule has 1 radical (unpaired) electrons. The third-order valence-corrected chi connectivity index (χ3v) is 3.38. The molecule has 0 spiro atoms. The van der Waals surface area contributed by atoms with E-state index in [0.717, 1.165) is 11.5 Å². The van der Waals surface area contributed by atoms with E-state index in [2.05, 4.69) is 10.3 Å². The van der Waals surface area contributed by atoms with Crippen LogP contribution in [-0.2, 0) is 6.18 Å². The monoisotopic (exact) mass is 280 g/mol. The van der Waals surface area contributed by atoms with Gasteiger partial charge in [0.2, 0.25) is 0 Å². The molecule has 0 amide bonds. The Labute approximate surface area is 114 Å². The summed E-state index contributed by atoms with van der Waals surface area (Å²) in [7, 11) is 0. The lowest BCUT2D eigenvalue weighted by molar-refractivity contribution is -0.140. The number of alkyl halides is 3. The zero-order chi connectivity index (χ0) is 14.2. The van der Waals surface area contributed by atoms with Crippen LogP contribution >= 0.6 is 0 Å². The average molecular weight is 280 g/mol. The van der Waals surface area contributed by atoms with Crippen molar-refractivity contribution in [1.82, 2.24) is 10.3 Å². The Hall–Kier alpha value is -1.82. The maximum absolute atomic E-state index is 13.0. The molecular formula is C14H13F3N3. The van der Waals surface area contributed by atoms with E-state index < -0.39 is 11.9 Å². The first-order valence-electron chi connectivity index (χ1n) is 6.41. The molecule has 1 aliphatic heterocycles. The van der Waals surface area contributed by atoms with Crippen LogP contribution in [0, 0.1) is 0 Å². The van der Waals surface area contributed by atoms with Gasteiger partial charge >= 0.3 is 6.18 Å². The van der Waals surface area contributed by atoms with Crippen LogP contribution < -0.4 is 10.2 Å². The van der Waals surface area contributed by atoms with Crippen LogP contribution in [0.2, 0.25) is 0 Å². The van der Waals surface area contributed by atoms with Gasteiger partial charge in [-0.1, -0.05) is 18.2 Å². The van der Waals surface area contributed by atoms with Crippen molar-refractivity contribution >= 4 is 16.6 Å². The van der Waals surface area contributed by atoms with E-state index in [9.17, 15) is 13.2 Å². The van der Waals surface area contributed by atoms with Gasteiger partial charge in [0.05, 0.1) is 5.52 Å². The molecule has 0 unspecified atom stereocenters. The van der Waals surface area contributed by atoms with Crippen molar-refractivity contribution in [1.29, 1.82) is 0 Å². The van der Waals surface area contributed by atoms with Crippen molar-refractivity contribution in [3.63, 3.8) is 0 Å². The SMILES string of the molecule is FC(F)(F)c1cc(N2CC[N]CC2)c2ccccc2n1. The lowest BCUT2D eigenvalue weighted by Gasteiger charge is -2.30. The Kier molecular flexibility index (Phi) is 3.25. The molecule has 1 saturated heterocycles. The molecule has 0 aliphatic carbocycles.